The van der Waals surface area contributed by atoms with Crippen LogP contribution < -0.4 is 10.5 Å². The van der Waals surface area contributed by atoms with E-state index in [1.165, 1.54) is 0 Å². The molecule has 0 atom stereocenters. The second kappa shape index (κ2) is 7.79. The number of rotatable bonds is 5. The zero-order valence-corrected chi connectivity index (χ0v) is 14.2. The molecule has 0 spiro atoms. The largest absolute Gasteiger partial charge is 0.462 e. The average Bonchev–Trinajstić information content (AvgIpc) is 3.07. The van der Waals surface area contributed by atoms with Crippen molar-refractivity contribution in [3.8, 4) is 0 Å². The molecule has 24 heavy (non-hydrogen) atoms. The van der Waals surface area contributed by atoms with Gasteiger partial charge in [0.2, 0.25) is 5.95 Å². The van der Waals surface area contributed by atoms with Gasteiger partial charge in [-0.25, -0.2) is 4.98 Å². The molecule has 0 aromatic carbocycles. The first-order valence-corrected chi connectivity index (χ1v) is 8.75. The molecule has 0 bridgehead atoms. The molecule has 1 aliphatic heterocycles. The second-order valence-corrected chi connectivity index (χ2v) is 6.45. The zero-order chi connectivity index (χ0) is 16.9. The van der Waals surface area contributed by atoms with Crippen LogP contribution in [0.15, 0.2) is 4.79 Å². The Bertz CT molecular complexity index is 631. The predicted molar refractivity (Wildman–Crippen MR) is 89.3 cm³/mol. The monoisotopic (exact) mass is 335 g/mol. The van der Waals surface area contributed by atoms with Gasteiger partial charge in [-0.3, -0.25) is 14.6 Å². The summed E-state index contributed by atoms with van der Waals surface area (Å²) in [4.78, 5) is 33.6. The Balaban J connectivity index is 1.60. The molecule has 1 N–H and O–H groups in total. The number of carbonyl (C=O) groups is 1. The molecular formula is C17H25N3O4. The van der Waals surface area contributed by atoms with Gasteiger partial charge in [0.05, 0.1) is 13.2 Å². The Morgan fingerprint density at radius 2 is 2.04 bits per heavy atom. The van der Waals surface area contributed by atoms with Gasteiger partial charge < -0.3 is 14.4 Å². The Labute approximate surface area is 141 Å². The van der Waals surface area contributed by atoms with Crippen LogP contribution in [0.4, 0.5) is 5.95 Å². The topological polar surface area (TPSA) is 84.5 Å². The van der Waals surface area contributed by atoms with Crippen LogP contribution in [0.1, 0.15) is 43.4 Å². The van der Waals surface area contributed by atoms with Crippen molar-refractivity contribution in [1.82, 2.24) is 9.97 Å². The summed E-state index contributed by atoms with van der Waals surface area (Å²) in [5.41, 5.74) is 1.07. The third-order valence-electron chi connectivity index (χ3n) is 4.70. The third-order valence-corrected chi connectivity index (χ3v) is 4.70. The number of aryl methyl sites for hydroxylation is 1. The van der Waals surface area contributed by atoms with E-state index in [0.29, 0.717) is 36.8 Å². The van der Waals surface area contributed by atoms with E-state index in [1.807, 2.05) is 11.8 Å². The molecule has 1 aliphatic carbocycles. The fraction of sp³-hybridized carbons (Fsp3) is 0.706. The minimum Gasteiger partial charge on any atom is -0.462 e. The lowest BCUT2D eigenvalue weighted by Crippen LogP contribution is -2.38. The van der Waals surface area contributed by atoms with E-state index in [2.05, 4.69) is 9.97 Å². The summed E-state index contributed by atoms with van der Waals surface area (Å²) in [5, 5.41) is 0. The standard InChI is InChI=1S/C17H25N3O4/c1-12-14(6-7-15(21)24-13-4-2-3-5-13)16(22)19-17(18-12)20-8-10-23-11-9-20/h13H,2-11H2,1H3,(H,18,19,22). The van der Waals surface area contributed by atoms with Crippen LogP contribution in [-0.4, -0.2) is 48.3 Å². The number of ether oxygens (including phenoxy) is 2. The Kier molecular flexibility index (Phi) is 5.50. The molecule has 1 aromatic heterocycles. The van der Waals surface area contributed by atoms with Crippen LogP contribution in [0.3, 0.4) is 0 Å². The zero-order valence-electron chi connectivity index (χ0n) is 14.2. The van der Waals surface area contributed by atoms with Crippen LogP contribution in [-0.2, 0) is 20.7 Å². The number of hydrogen-bond acceptors (Lipinski definition) is 6. The lowest BCUT2D eigenvalue weighted by atomic mass is 10.1. The SMILES string of the molecule is Cc1nc(N2CCOCC2)[nH]c(=O)c1CCC(=O)OC1CCCC1. The average molecular weight is 335 g/mol. The fourth-order valence-electron chi connectivity index (χ4n) is 3.29. The summed E-state index contributed by atoms with van der Waals surface area (Å²) >= 11 is 0. The lowest BCUT2D eigenvalue weighted by molar-refractivity contribution is -0.148. The van der Waals surface area contributed by atoms with Gasteiger partial charge in [0.15, 0.2) is 0 Å². The van der Waals surface area contributed by atoms with Crippen LogP contribution >= 0.6 is 0 Å². The van der Waals surface area contributed by atoms with E-state index in [-0.39, 0.29) is 24.1 Å². The number of nitrogens with one attached hydrogen (secondary N) is 1. The number of hydrogen-bond donors (Lipinski definition) is 1. The summed E-state index contributed by atoms with van der Waals surface area (Å²) in [6, 6.07) is 0. The maximum atomic E-state index is 12.4. The van der Waals surface area contributed by atoms with Crippen molar-refractivity contribution in [1.29, 1.82) is 0 Å². The summed E-state index contributed by atoms with van der Waals surface area (Å²) in [5.74, 6) is 0.357. The van der Waals surface area contributed by atoms with Crippen molar-refractivity contribution in [2.75, 3.05) is 31.2 Å². The molecular weight excluding hydrogens is 310 g/mol. The Morgan fingerprint density at radius 3 is 2.71 bits per heavy atom. The first kappa shape index (κ1) is 17.0. The summed E-state index contributed by atoms with van der Waals surface area (Å²) in [6.07, 6.45) is 4.83. The van der Waals surface area contributed by atoms with Crippen molar-refractivity contribution in [2.24, 2.45) is 0 Å². The quantitative estimate of drug-likeness (QED) is 0.817. The number of aromatic amines is 1. The number of H-pyrrole nitrogens is 1. The molecule has 0 amide bonds. The van der Waals surface area contributed by atoms with Crippen molar-refractivity contribution in [2.45, 2.75) is 51.6 Å². The van der Waals surface area contributed by atoms with E-state index in [1.54, 1.807) is 0 Å². The summed E-state index contributed by atoms with van der Waals surface area (Å²) in [7, 11) is 0. The predicted octanol–water partition coefficient (Wildman–Crippen LogP) is 1.33. The molecule has 1 saturated heterocycles. The molecule has 1 aromatic rings. The number of morpholine rings is 1. The smallest absolute Gasteiger partial charge is 0.306 e. The molecule has 1 saturated carbocycles. The van der Waals surface area contributed by atoms with Crippen LogP contribution in [0.2, 0.25) is 0 Å². The first-order valence-electron chi connectivity index (χ1n) is 8.75. The molecule has 7 heteroatoms. The molecule has 7 nitrogen and oxygen atoms in total. The second-order valence-electron chi connectivity index (χ2n) is 6.45. The van der Waals surface area contributed by atoms with Crippen LogP contribution in [0.25, 0.3) is 0 Å². The van der Waals surface area contributed by atoms with Gasteiger partial charge in [0.25, 0.3) is 5.56 Å². The maximum Gasteiger partial charge on any atom is 0.306 e. The number of nitrogens with zero attached hydrogens (tertiary/aromatic N) is 2. The minimum absolute atomic E-state index is 0.0682. The maximum absolute atomic E-state index is 12.4. The fourth-order valence-corrected chi connectivity index (χ4v) is 3.29. The van der Waals surface area contributed by atoms with E-state index in [9.17, 15) is 9.59 Å². The van der Waals surface area contributed by atoms with E-state index >= 15 is 0 Å². The highest BCUT2D eigenvalue weighted by Crippen LogP contribution is 2.21. The lowest BCUT2D eigenvalue weighted by Gasteiger charge is -2.27. The number of anilines is 1. The highest BCUT2D eigenvalue weighted by Gasteiger charge is 2.20. The molecule has 3 rings (SSSR count). The molecule has 2 aliphatic rings. The first-order chi connectivity index (χ1) is 11.6. The van der Waals surface area contributed by atoms with Gasteiger partial charge in [-0.1, -0.05) is 0 Å². The van der Waals surface area contributed by atoms with Crippen molar-refractivity contribution in [3.63, 3.8) is 0 Å². The van der Waals surface area contributed by atoms with E-state index in [4.69, 9.17) is 9.47 Å². The summed E-state index contributed by atoms with van der Waals surface area (Å²) in [6.45, 7) is 4.52. The number of esters is 1. The van der Waals surface area contributed by atoms with E-state index < -0.39 is 0 Å². The van der Waals surface area contributed by atoms with Gasteiger partial charge in [-0.05, 0) is 39.0 Å². The molecule has 2 heterocycles. The van der Waals surface area contributed by atoms with Crippen molar-refractivity contribution >= 4 is 11.9 Å². The van der Waals surface area contributed by atoms with Gasteiger partial charge in [0, 0.05) is 30.8 Å². The van der Waals surface area contributed by atoms with Crippen molar-refractivity contribution in [3.05, 3.63) is 21.6 Å². The third kappa shape index (κ3) is 4.14. The highest BCUT2D eigenvalue weighted by atomic mass is 16.5. The highest BCUT2D eigenvalue weighted by molar-refractivity contribution is 5.70. The minimum atomic E-state index is -0.224. The number of aromatic nitrogens is 2. The molecule has 132 valence electrons. The van der Waals surface area contributed by atoms with Crippen LogP contribution in [0, 0.1) is 6.92 Å². The Morgan fingerprint density at radius 1 is 1.33 bits per heavy atom. The molecule has 0 unspecified atom stereocenters. The van der Waals surface area contributed by atoms with E-state index in [0.717, 1.165) is 38.8 Å². The normalized spacial score (nSPS) is 18.8. The summed E-state index contributed by atoms with van der Waals surface area (Å²) < 4.78 is 10.7. The molecule has 0 radical (unpaired) electrons. The van der Waals surface area contributed by atoms with Gasteiger partial charge in [-0.15, -0.1) is 0 Å². The van der Waals surface area contributed by atoms with Gasteiger partial charge in [0.1, 0.15) is 6.10 Å². The number of carbonyl (C=O) groups excluding carboxylic acids is 1. The Hall–Kier alpha value is -1.89. The van der Waals surface area contributed by atoms with Crippen LogP contribution in [0.5, 0.6) is 0 Å². The molecule has 2 fully saturated rings. The van der Waals surface area contributed by atoms with Gasteiger partial charge in [-0.2, -0.15) is 0 Å². The van der Waals surface area contributed by atoms with Gasteiger partial charge >= 0.3 is 5.97 Å². The van der Waals surface area contributed by atoms with Crippen molar-refractivity contribution < 1.29 is 14.3 Å².